The van der Waals surface area contributed by atoms with Gasteiger partial charge in [-0.2, -0.15) is 0 Å². The van der Waals surface area contributed by atoms with E-state index in [1.165, 1.54) is 0 Å². The Labute approximate surface area is 114 Å². The number of fused-ring (bicyclic) bond motifs is 1. The van der Waals surface area contributed by atoms with E-state index in [1.54, 1.807) is 36.4 Å². The van der Waals surface area contributed by atoms with Crippen LogP contribution in [0.25, 0.3) is 10.8 Å². The molecule has 2 aromatic carbocycles. The molecular weight excluding hydrogens is 264 g/mol. The first-order chi connectivity index (χ1) is 9.56. The van der Waals surface area contributed by atoms with Crippen LogP contribution in [0.3, 0.4) is 0 Å². The molecule has 0 atom stereocenters. The zero-order valence-electron chi connectivity index (χ0n) is 10.4. The first-order valence-electron chi connectivity index (χ1n) is 5.78. The van der Waals surface area contributed by atoms with Crippen molar-refractivity contribution in [3.63, 3.8) is 0 Å². The third-order valence-corrected chi connectivity index (χ3v) is 2.53. The SMILES string of the molecule is O=C(O)COc1ccc2c(OCC(=O)O)cccc2c1. The molecule has 0 aliphatic rings. The quantitative estimate of drug-likeness (QED) is 0.835. The summed E-state index contributed by atoms with van der Waals surface area (Å²) >= 11 is 0. The number of hydrogen-bond donors (Lipinski definition) is 2. The average Bonchev–Trinajstić information content (AvgIpc) is 2.42. The second-order valence-electron chi connectivity index (χ2n) is 4.00. The zero-order chi connectivity index (χ0) is 14.5. The Hall–Kier alpha value is -2.76. The van der Waals surface area contributed by atoms with Crippen molar-refractivity contribution in [3.05, 3.63) is 36.4 Å². The van der Waals surface area contributed by atoms with Gasteiger partial charge < -0.3 is 19.7 Å². The number of ether oxygens (including phenoxy) is 2. The maximum absolute atomic E-state index is 10.5. The van der Waals surface area contributed by atoms with E-state index in [4.69, 9.17) is 19.7 Å². The van der Waals surface area contributed by atoms with E-state index in [0.717, 1.165) is 10.8 Å². The highest BCUT2D eigenvalue weighted by molar-refractivity contribution is 5.89. The highest BCUT2D eigenvalue weighted by atomic mass is 16.5. The summed E-state index contributed by atoms with van der Waals surface area (Å²) in [5, 5.41) is 18.7. The summed E-state index contributed by atoms with van der Waals surface area (Å²) in [6.45, 7) is -0.836. The van der Waals surface area contributed by atoms with Crippen LogP contribution in [0.5, 0.6) is 11.5 Å². The van der Waals surface area contributed by atoms with E-state index in [9.17, 15) is 9.59 Å². The van der Waals surface area contributed by atoms with Gasteiger partial charge in [0.2, 0.25) is 0 Å². The Morgan fingerprint density at radius 3 is 2.35 bits per heavy atom. The molecule has 0 spiro atoms. The van der Waals surface area contributed by atoms with E-state index < -0.39 is 25.2 Å². The summed E-state index contributed by atoms with van der Waals surface area (Å²) in [5.41, 5.74) is 0. The van der Waals surface area contributed by atoms with Gasteiger partial charge in [0.05, 0.1) is 0 Å². The third kappa shape index (κ3) is 3.38. The Morgan fingerprint density at radius 1 is 0.950 bits per heavy atom. The van der Waals surface area contributed by atoms with Gasteiger partial charge >= 0.3 is 11.9 Å². The molecule has 0 aliphatic heterocycles. The van der Waals surface area contributed by atoms with Crippen LogP contribution < -0.4 is 9.47 Å². The number of benzene rings is 2. The second-order valence-corrected chi connectivity index (χ2v) is 4.00. The van der Waals surface area contributed by atoms with Gasteiger partial charge in [0.15, 0.2) is 13.2 Å². The van der Waals surface area contributed by atoms with Gasteiger partial charge in [-0.1, -0.05) is 12.1 Å². The van der Waals surface area contributed by atoms with Crippen molar-refractivity contribution in [2.45, 2.75) is 0 Å². The molecule has 0 bridgehead atoms. The van der Waals surface area contributed by atoms with Crippen LogP contribution in [-0.2, 0) is 9.59 Å². The first kappa shape index (κ1) is 13.7. The highest BCUT2D eigenvalue weighted by Crippen LogP contribution is 2.28. The Balaban J connectivity index is 2.25. The van der Waals surface area contributed by atoms with E-state index in [0.29, 0.717) is 11.5 Å². The van der Waals surface area contributed by atoms with Crippen LogP contribution in [0.1, 0.15) is 0 Å². The van der Waals surface area contributed by atoms with Crippen molar-refractivity contribution in [2.75, 3.05) is 13.2 Å². The van der Waals surface area contributed by atoms with Crippen LogP contribution >= 0.6 is 0 Å². The van der Waals surface area contributed by atoms with Gasteiger partial charge in [0.25, 0.3) is 0 Å². The minimum absolute atomic E-state index is 0.416. The first-order valence-corrected chi connectivity index (χ1v) is 5.78. The fourth-order valence-electron chi connectivity index (χ4n) is 1.73. The van der Waals surface area contributed by atoms with Gasteiger partial charge in [-0.25, -0.2) is 9.59 Å². The molecule has 0 aliphatic carbocycles. The maximum Gasteiger partial charge on any atom is 0.341 e. The van der Waals surface area contributed by atoms with Crippen molar-refractivity contribution in [2.24, 2.45) is 0 Å². The number of carboxylic acids is 2. The van der Waals surface area contributed by atoms with Crippen molar-refractivity contribution in [3.8, 4) is 11.5 Å². The minimum Gasteiger partial charge on any atom is -0.482 e. The Morgan fingerprint density at radius 2 is 1.65 bits per heavy atom. The van der Waals surface area contributed by atoms with Crippen LogP contribution in [0.4, 0.5) is 0 Å². The maximum atomic E-state index is 10.5. The molecule has 2 rings (SSSR count). The lowest BCUT2D eigenvalue weighted by molar-refractivity contribution is -0.140. The van der Waals surface area contributed by atoms with Gasteiger partial charge in [-0.05, 0) is 29.7 Å². The molecule has 0 aromatic heterocycles. The molecule has 20 heavy (non-hydrogen) atoms. The van der Waals surface area contributed by atoms with Crippen LogP contribution in [-0.4, -0.2) is 35.4 Å². The fourth-order valence-corrected chi connectivity index (χ4v) is 1.73. The van der Waals surface area contributed by atoms with Crippen LogP contribution in [0.2, 0.25) is 0 Å². The topological polar surface area (TPSA) is 93.1 Å². The van der Waals surface area contributed by atoms with E-state index in [2.05, 4.69) is 0 Å². The smallest absolute Gasteiger partial charge is 0.341 e. The summed E-state index contributed by atoms with van der Waals surface area (Å²) in [5.74, 6) is -1.22. The molecule has 2 N–H and O–H groups in total. The molecule has 6 heteroatoms. The molecule has 0 saturated carbocycles. The molecule has 0 radical (unpaired) electrons. The Kier molecular flexibility index (Phi) is 4.05. The van der Waals surface area contributed by atoms with E-state index in [1.807, 2.05) is 0 Å². The lowest BCUT2D eigenvalue weighted by Crippen LogP contribution is -2.10. The Bertz CT molecular complexity index is 649. The van der Waals surface area contributed by atoms with Gasteiger partial charge in [-0.15, -0.1) is 0 Å². The number of rotatable bonds is 6. The molecular formula is C14H12O6. The molecule has 0 amide bonds. The lowest BCUT2D eigenvalue weighted by Gasteiger charge is -2.09. The number of hydrogen-bond acceptors (Lipinski definition) is 4. The van der Waals surface area contributed by atoms with E-state index >= 15 is 0 Å². The zero-order valence-corrected chi connectivity index (χ0v) is 10.4. The van der Waals surface area contributed by atoms with Gasteiger partial charge in [0, 0.05) is 5.39 Å². The fraction of sp³-hybridized carbons (Fsp3) is 0.143. The molecule has 0 heterocycles. The van der Waals surface area contributed by atoms with Crippen molar-refractivity contribution < 1.29 is 29.3 Å². The molecule has 104 valence electrons. The predicted molar refractivity (Wildman–Crippen MR) is 70.2 cm³/mol. The molecule has 0 fully saturated rings. The lowest BCUT2D eigenvalue weighted by atomic mass is 10.1. The minimum atomic E-state index is -1.05. The average molecular weight is 276 g/mol. The molecule has 0 unspecified atom stereocenters. The number of carboxylic acid groups (broad SMARTS) is 2. The van der Waals surface area contributed by atoms with Crippen molar-refractivity contribution >= 4 is 22.7 Å². The monoisotopic (exact) mass is 276 g/mol. The van der Waals surface area contributed by atoms with Crippen molar-refractivity contribution in [1.82, 2.24) is 0 Å². The summed E-state index contributed by atoms with van der Waals surface area (Å²) in [4.78, 5) is 20.9. The van der Waals surface area contributed by atoms with E-state index in [-0.39, 0.29) is 0 Å². The summed E-state index contributed by atoms with van der Waals surface area (Å²) in [6, 6.07) is 10.2. The summed E-state index contributed by atoms with van der Waals surface area (Å²) in [6.07, 6.45) is 0. The number of aliphatic carboxylic acids is 2. The molecule has 0 saturated heterocycles. The van der Waals surface area contributed by atoms with Crippen LogP contribution in [0, 0.1) is 0 Å². The van der Waals surface area contributed by atoms with Gasteiger partial charge in [0.1, 0.15) is 11.5 Å². The van der Waals surface area contributed by atoms with Gasteiger partial charge in [-0.3, -0.25) is 0 Å². The second kappa shape index (κ2) is 5.92. The highest BCUT2D eigenvalue weighted by Gasteiger charge is 2.06. The van der Waals surface area contributed by atoms with Crippen LogP contribution in [0.15, 0.2) is 36.4 Å². The largest absolute Gasteiger partial charge is 0.482 e. The summed E-state index contributed by atoms with van der Waals surface area (Å²) in [7, 11) is 0. The molecule has 6 nitrogen and oxygen atoms in total. The normalized spacial score (nSPS) is 10.2. The molecule has 2 aromatic rings. The number of carbonyl (C=O) groups is 2. The predicted octanol–water partition coefficient (Wildman–Crippen LogP) is 1.77. The third-order valence-electron chi connectivity index (χ3n) is 2.53. The summed E-state index contributed by atoms with van der Waals surface area (Å²) < 4.78 is 10.3. The standard InChI is InChI=1S/C14H12O6/c15-13(16)7-19-10-4-5-11-9(6-10)2-1-3-12(11)20-8-14(17)18/h1-6H,7-8H2,(H,15,16)(H,17,18). The van der Waals surface area contributed by atoms with Crippen molar-refractivity contribution in [1.29, 1.82) is 0 Å².